The van der Waals surface area contributed by atoms with Gasteiger partial charge in [0.25, 0.3) is 5.91 Å². The van der Waals surface area contributed by atoms with E-state index in [0.717, 1.165) is 25.9 Å². The Morgan fingerprint density at radius 2 is 2.32 bits per heavy atom. The summed E-state index contributed by atoms with van der Waals surface area (Å²) >= 11 is 0. The van der Waals surface area contributed by atoms with Crippen LogP contribution in [0.1, 0.15) is 36.0 Å². The number of para-hydroxylation sites is 1. The van der Waals surface area contributed by atoms with Crippen LogP contribution in [0, 0.1) is 5.82 Å². The SMILES string of the molecule is Nc1c(F)cccc1C(=O)NCCC1CCCCO1. The van der Waals surface area contributed by atoms with E-state index in [1.54, 1.807) is 0 Å². The molecule has 0 bridgehead atoms. The van der Waals surface area contributed by atoms with Gasteiger partial charge in [0.1, 0.15) is 5.82 Å². The third-order valence-electron chi connectivity index (χ3n) is 3.32. The minimum absolute atomic E-state index is 0.103. The van der Waals surface area contributed by atoms with Crippen LogP contribution in [0.5, 0.6) is 0 Å². The maximum absolute atomic E-state index is 13.2. The minimum Gasteiger partial charge on any atom is -0.396 e. The van der Waals surface area contributed by atoms with Crippen LogP contribution in [0.4, 0.5) is 10.1 Å². The molecule has 104 valence electrons. The van der Waals surface area contributed by atoms with Gasteiger partial charge in [-0.1, -0.05) is 6.07 Å². The number of hydrogen-bond acceptors (Lipinski definition) is 3. The summed E-state index contributed by atoms with van der Waals surface area (Å²) in [6.45, 7) is 1.31. The molecule has 1 fully saturated rings. The average molecular weight is 266 g/mol. The number of carbonyl (C=O) groups excluding carboxylic acids is 1. The molecule has 1 aliphatic heterocycles. The number of nitrogens with one attached hydrogen (secondary N) is 1. The fourth-order valence-corrected chi connectivity index (χ4v) is 2.21. The number of carbonyl (C=O) groups is 1. The van der Waals surface area contributed by atoms with E-state index in [0.29, 0.717) is 6.54 Å². The Balaban J connectivity index is 1.82. The van der Waals surface area contributed by atoms with Crippen LogP contribution < -0.4 is 11.1 Å². The molecule has 5 heteroatoms. The number of nitrogen functional groups attached to an aromatic ring is 1. The summed E-state index contributed by atoms with van der Waals surface area (Å²) in [6, 6.07) is 4.23. The molecule has 1 saturated heterocycles. The van der Waals surface area contributed by atoms with Crippen molar-refractivity contribution in [2.24, 2.45) is 0 Å². The van der Waals surface area contributed by atoms with Crippen LogP contribution in [-0.2, 0) is 4.74 Å². The van der Waals surface area contributed by atoms with Gasteiger partial charge in [-0.3, -0.25) is 4.79 Å². The Morgan fingerprint density at radius 3 is 3.05 bits per heavy atom. The molecule has 1 aliphatic rings. The number of halogens is 1. The lowest BCUT2D eigenvalue weighted by Gasteiger charge is -2.22. The minimum atomic E-state index is -0.566. The standard InChI is InChI=1S/C14H19FN2O2/c15-12-6-3-5-11(13(12)16)14(18)17-8-7-10-4-1-2-9-19-10/h3,5-6,10H,1-2,4,7-9,16H2,(H,17,18). The molecule has 2 rings (SSSR count). The Kier molecular flexibility index (Phi) is 4.74. The molecule has 0 radical (unpaired) electrons. The van der Waals surface area contributed by atoms with E-state index in [2.05, 4.69) is 5.32 Å². The van der Waals surface area contributed by atoms with Gasteiger partial charge in [0, 0.05) is 13.2 Å². The van der Waals surface area contributed by atoms with E-state index in [1.807, 2.05) is 0 Å². The topological polar surface area (TPSA) is 64.4 Å². The number of ether oxygens (including phenoxy) is 1. The first kappa shape index (κ1) is 13.8. The predicted octanol–water partition coefficient (Wildman–Crippen LogP) is 2.10. The number of hydrogen-bond donors (Lipinski definition) is 2. The molecule has 3 N–H and O–H groups in total. The van der Waals surface area contributed by atoms with Crippen LogP contribution in [-0.4, -0.2) is 25.2 Å². The van der Waals surface area contributed by atoms with E-state index < -0.39 is 5.82 Å². The molecule has 1 atom stereocenters. The summed E-state index contributed by atoms with van der Waals surface area (Å²) in [5.74, 6) is -0.906. The summed E-state index contributed by atoms with van der Waals surface area (Å²) in [7, 11) is 0. The van der Waals surface area contributed by atoms with Gasteiger partial charge in [-0.15, -0.1) is 0 Å². The van der Waals surface area contributed by atoms with Crippen molar-refractivity contribution < 1.29 is 13.9 Å². The fourth-order valence-electron chi connectivity index (χ4n) is 2.21. The van der Waals surface area contributed by atoms with Gasteiger partial charge in [-0.25, -0.2) is 4.39 Å². The molecule has 19 heavy (non-hydrogen) atoms. The zero-order valence-corrected chi connectivity index (χ0v) is 10.8. The molecular weight excluding hydrogens is 247 g/mol. The number of anilines is 1. The van der Waals surface area contributed by atoms with Crippen LogP contribution >= 0.6 is 0 Å². The summed E-state index contributed by atoms with van der Waals surface area (Å²) < 4.78 is 18.8. The van der Waals surface area contributed by atoms with Crippen LogP contribution in [0.3, 0.4) is 0 Å². The molecule has 0 aliphatic carbocycles. The second-order valence-electron chi connectivity index (χ2n) is 4.73. The smallest absolute Gasteiger partial charge is 0.253 e. The normalized spacial score (nSPS) is 19.1. The molecule has 1 unspecified atom stereocenters. The van der Waals surface area contributed by atoms with Crippen molar-refractivity contribution in [1.82, 2.24) is 5.32 Å². The highest BCUT2D eigenvalue weighted by Crippen LogP contribution is 2.17. The van der Waals surface area contributed by atoms with Crippen LogP contribution in [0.15, 0.2) is 18.2 Å². The highest BCUT2D eigenvalue weighted by Gasteiger charge is 2.15. The summed E-state index contributed by atoms with van der Waals surface area (Å²) in [4.78, 5) is 11.9. The van der Waals surface area contributed by atoms with Crippen LogP contribution in [0.2, 0.25) is 0 Å². The zero-order chi connectivity index (χ0) is 13.7. The molecule has 4 nitrogen and oxygen atoms in total. The number of amides is 1. The molecular formula is C14H19FN2O2. The van der Waals surface area contributed by atoms with E-state index >= 15 is 0 Å². The Bertz CT molecular complexity index is 445. The Hall–Kier alpha value is -1.62. The van der Waals surface area contributed by atoms with E-state index in [9.17, 15) is 9.18 Å². The van der Waals surface area contributed by atoms with Gasteiger partial charge in [-0.05, 0) is 37.8 Å². The van der Waals surface area contributed by atoms with Crippen molar-refractivity contribution >= 4 is 11.6 Å². The highest BCUT2D eigenvalue weighted by molar-refractivity contribution is 5.99. The first-order valence-electron chi connectivity index (χ1n) is 6.62. The Labute approximate surface area is 112 Å². The highest BCUT2D eigenvalue weighted by atomic mass is 19.1. The van der Waals surface area contributed by atoms with E-state index in [-0.39, 0.29) is 23.3 Å². The van der Waals surface area contributed by atoms with E-state index in [1.165, 1.54) is 24.6 Å². The van der Waals surface area contributed by atoms with Crippen molar-refractivity contribution in [3.63, 3.8) is 0 Å². The second-order valence-corrected chi connectivity index (χ2v) is 4.73. The maximum atomic E-state index is 13.2. The van der Waals surface area contributed by atoms with Gasteiger partial charge < -0.3 is 15.8 Å². The molecule has 1 heterocycles. The first-order valence-corrected chi connectivity index (χ1v) is 6.62. The quantitative estimate of drug-likeness (QED) is 0.820. The van der Waals surface area contributed by atoms with Crippen molar-refractivity contribution in [1.29, 1.82) is 0 Å². The third kappa shape index (κ3) is 3.67. The van der Waals surface area contributed by atoms with Gasteiger partial charge in [-0.2, -0.15) is 0 Å². The molecule has 0 saturated carbocycles. The molecule has 1 aromatic rings. The number of rotatable bonds is 4. The second kappa shape index (κ2) is 6.52. The van der Waals surface area contributed by atoms with Crippen molar-refractivity contribution in [3.8, 4) is 0 Å². The predicted molar refractivity (Wildman–Crippen MR) is 71.4 cm³/mol. The first-order chi connectivity index (χ1) is 9.18. The molecule has 0 spiro atoms. The maximum Gasteiger partial charge on any atom is 0.253 e. The van der Waals surface area contributed by atoms with Crippen molar-refractivity contribution in [3.05, 3.63) is 29.6 Å². The summed E-state index contributed by atoms with van der Waals surface area (Å²) in [6.07, 6.45) is 4.33. The van der Waals surface area contributed by atoms with Crippen molar-refractivity contribution in [2.45, 2.75) is 31.8 Å². The fraction of sp³-hybridized carbons (Fsp3) is 0.500. The molecule has 0 aromatic heterocycles. The zero-order valence-electron chi connectivity index (χ0n) is 10.8. The van der Waals surface area contributed by atoms with Gasteiger partial charge >= 0.3 is 0 Å². The lowest BCUT2D eigenvalue weighted by molar-refractivity contribution is 0.0117. The number of benzene rings is 1. The van der Waals surface area contributed by atoms with Gasteiger partial charge in [0.05, 0.1) is 17.4 Å². The van der Waals surface area contributed by atoms with Gasteiger partial charge in [0.15, 0.2) is 0 Å². The average Bonchev–Trinajstić information content (AvgIpc) is 2.43. The van der Waals surface area contributed by atoms with Crippen molar-refractivity contribution in [2.75, 3.05) is 18.9 Å². The van der Waals surface area contributed by atoms with Gasteiger partial charge in [0.2, 0.25) is 0 Å². The largest absolute Gasteiger partial charge is 0.396 e. The third-order valence-corrected chi connectivity index (χ3v) is 3.32. The van der Waals surface area contributed by atoms with E-state index in [4.69, 9.17) is 10.5 Å². The summed E-state index contributed by atoms with van der Waals surface area (Å²) in [5.41, 5.74) is 5.62. The number of nitrogens with two attached hydrogens (primary N) is 1. The van der Waals surface area contributed by atoms with Crippen LogP contribution in [0.25, 0.3) is 0 Å². The lowest BCUT2D eigenvalue weighted by Crippen LogP contribution is -2.30. The monoisotopic (exact) mass is 266 g/mol. The molecule has 1 aromatic carbocycles. The Morgan fingerprint density at radius 1 is 1.47 bits per heavy atom. The molecule has 1 amide bonds. The lowest BCUT2D eigenvalue weighted by atomic mass is 10.1. The summed E-state index contributed by atoms with van der Waals surface area (Å²) in [5, 5.41) is 2.75.